The van der Waals surface area contributed by atoms with E-state index in [1.54, 1.807) is 25.0 Å². The fourth-order valence-corrected chi connectivity index (χ4v) is 6.75. The van der Waals surface area contributed by atoms with Gasteiger partial charge in [-0.2, -0.15) is 11.8 Å². The standard InChI is InChI=1S/C29H31N2O2S.C15H28O2.Ir/c1-8-34-25-12-10-20(14-23(25)29(5,6)7)27-26-21-11-9-19(22(18(4)32)13-17(2)3)15-24(21)33-28(26)31-16-30-27;1-7-14(5,8-2)12(16)11-13(17)15(6,9-3)10-4;/h8-9,11-12,14-17,32H,1,13H2,2-7H3;11,16H,7-10H2,1-6H3;/q-1;;/b22-18-;12-11-;. The maximum Gasteiger partial charge on any atom is 0.221 e. The monoisotopic (exact) mass is 904 g/mol. The number of fused-ring (bicyclic) bond motifs is 3. The molecular formula is C44H59IrN2O4S-. The molecule has 0 unspecified atom stereocenters. The van der Waals surface area contributed by atoms with Crippen molar-refractivity contribution in [1.82, 2.24) is 9.97 Å². The largest absolute Gasteiger partial charge is 0.512 e. The Morgan fingerprint density at radius 3 is 2.12 bits per heavy atom. The zero-order valence-corrected chi connectivity index (χ0v) is 36.5. The fraction of sp³-hybridized carbons (Fsp3) is 0.477. The third kappa shape index (κ3) is 10.3. The molecule has 1 radical (unpaired) electrons. The molecule has 0 aliphatic rings. The average molecular weight is 904 g/mol. The molecule has 4 aromatic rings. The van der Waals surface area contributed by atoms with Crippen molar-refractivity contribution in [3.05, 3.63) is 83.4 Å². The molecule has 0 saturated heterocycles. The number of aliphatic hydroxyl groups is 2. The third-order valence-electron chi connectivity index (χ3n) is 10.5. The molecule has 4 rings (SSSR count). The van der Waals surface area contributed by atoms with Gasteiger partial charge in [0.05, 0.1) is 5.76 Å². The predicted octanol–water partition coefficient (Wildman–Crippen LogP) is 13.4. The van der Waals surface area contributed by atoms with E-state index in [9.17, 15) is 15.0 Å². The molecule has 2 N–H and O–H groups in total. The molecular weight excluding hydrogens is 845 g/mol. The number of aromatic nitrogens is 2. The van der Waals surface area contributed by atoms with Crippen molar-refractivity contribution in [3.8, 4) is 11.3 Å². The molecule has 8 heteroatoms. The summed E-state index contributed by atoms with van der Waals surface area (Å²) in [5.41, 5.74) is 5.44. The molecule has 52 heavy (non-hydrogen) atoms. The van der Waals surface area contributed by atoms with Gasteiger partial charge in [0.15, 0.2) is 5.78 Å². The molecule has 2 heterocycles. The number of thioether (sulfide) groups is 1. The first-order chi connectivity index (χ1) is 23.9. The number of allylic oxidation sites excluding steroid dienone is 4. The van der Waals surface area contributed by atoms with Gasteiger partial charge in [-0.15, -0.1) is 29.3 Å². The van der Waals surface area contributed by atoms with Crippen LogP contribution in [0.3, 0.4) is 0 Å². The number of carbonyl (C=O) groups excluding carboxylic acids is 1. The number of ketones is 1. The van der Waals surface area contributed by atoms with Crippen LogP contribution in [0.25, 0.3) is 38.9 Å². The topological polar surface area (TPSA) is 96.5 Å². The van der Waals surface area contributed by atoms with Crippen LogP contribution in [0.4, 0.5) is 0 Å². The molecule has 0 fully saturated rings. The van der Waals surface area contributed by atoms with E-state index in [1.807, 2.05) is 71.2 Å². The second-order valence-electron chi connectivity index (χ2n) is 15.5. The zero-order chi connectivity index (χ0) is 38.3. The quantitative estimate of drug-likeness (QED) is 0.0597. The van der Waals surface area contributed by atoms with Crippen LogP contribution in [0.15, 0.2) is 75.6 Å². The summed E-state index contributed by atoms with van der Waals surface area (Å²) in [5.74, 6) is 1.05. The SMILES string of the molecule is C=CSc1c[c-]c(-c2ncnc3oc4cc(/C(CC(C)C)=C(/C)O)ccc4c23)cc1C(C)(C)C.CCC(C)(CC)C(=O)/C=C(\O)C(C)(CC)CC.[Ir]. The van der Waals surface area contributed by atoms with Crippen LogP contribution in [-0.4, -0.2) is 26.0 Å². The van der Waals surface area contributed by atoms with Gasteiger partial charge >= 0.3 is 0 Å². The molecule has 0 aliphatic heterocycles. The second kappa shape index (κ2) is 18.7. The van der Waals surface area contributed by atoms with Crippen molar-refractivity contribution in [2.75, 3.05) is 0 Å². The number of nitrogens with zero attached hydrogens (tertiary/aromatic N) is 2. The maximum atomic E-state index is 12.2. The number of carbonyl (C=O) groups is 1. The molecule has 0 atom stereocenters. The summed E-state index contributed by atoms with van der Waals surface area (Å²) < 4.78 is 6.16. The minimum absolute atomic E-state index is 0. The van der Waals surface area contributed by atoms with Crippen LogP contribution in [0.5, 0.6) is 0 Å². The van der Waals surface area contributed by atoms with E-state index in [2.05, 4.69) is 63.3 Å². The Hall–Kier alpha value is -3.19. The minimum atomic E-state index is -0.337. The molecule has 6 nitrogen and oxygen atoms in total. The summed E-state index contributed by atoms with van der Waals surface area (Å²) in [6.07, 6.45) is 7.09. The van der Waals surface area contributed by atoms with Crippen molar-refractivity contribution in [3.63, 3.8) is 0 Å². The molecule has 285 valence electrons. The van der Waals surface area contributed by atoms with Crippen molar-refractivity contribution in [2.24, 2.45) is 16.7 Å². The molecule has 0 amide bonds. The van der Waals surface area contributed by atoms with Gasteiger partial charge in [-0.25, -0.2) is 4.98 Å². The number of benzene rings is 2. The van der Waals surface area contributed by atoms with Gasteiger partial charge in [0.2, 0.25) is 5.71 Å². The summed E-state index contributed by atoms with van der Waals surface area (Å²) in [5, 5.41) is 24.1. The van der Waals surface area contributed by atoms with Crippen LogP contribution in [0.2, 0.25) is 0 Å². The average Bonchev–Trinajstić information content (AvgIpc) is 3.47. The van der Waals surface area contributed by atoms with Crippen LogP contribution in [-0.2, 0) is 30.3 Å². The molecule has 2 aromatic carbocycles. The molecule has 0 aliphatic carbocycles. The normalized spacial score (nSPS) is 13.1. The number of furan rings is 1. The predicted molar refractivity (Wildman–Crippen MR) is 216 cm³/mol. The van der Waals surface area contributed by atoms with Crippen molar-refractivity contribution >= 4 is 45.2 Å². The first kappa shape index (κ1) is 45.0. The number of rotatable bonds is 13. The van der Waals surface area contributed by atoms with Crippen molar-refractivity contribution in [2.45, 2.75) is 125 Å². The zero-order valence-electron chi connectivity index (χ0n) is 33.3. The van der Waals surface area contributed by atoms with E-state index >= 15 is 0 Å². The Labute approximate surface area is 330 Å². The van der Waals surface area contributed by atoms with E-state index in [4.69, 9.17) is 4.42 Å². The van der Waals surface area contributed by atoms with E-state index < -0.39 is 0 Å². The summed E-state index contributed by atoms with van der Waals surface area (Å²) in [7, 11) is 0. The number of aliphatic hydroxyl groups excluding tert-OH is 2. The van der Waals surface area contributed by atoms with E-state index in [1.165, 1.54) is 11.6 Å². The molecule has 0 saturated carbocycles. The van der Waals surface area contributed by atoms with Crippen LogP contribution < -0.4 is 0 Å². The van der Waals surface area contributed by atoms with Gasteiger partial charge in [0.1, 0.15) is 17.7 Å². The fourth-order valence-electron chi connectivity index (χ4n) is 5.95. The molecule has 0 bridgehead atoms. The van der Waals surface area contributed by atoms with E-state index in [0.717, 1.165) is 75.7 Å². The van der Waals surface area contributed by atoms with Gasteiger partial charge in [-0.1, -0.05) is 99.8 Å². The van der Waals surface area contributed by atoms with Gasteiger partial charge in [0, 0.05) is 53.5 Å². The van der Waals surface area contributed by atoms with Crippen molar-refractivity contribution < 1.29 is 39.5 Å². The number of hydrogen-bond donors (Lipinski definition) is 2. The Morgan fingerprint density at radius 1 is 0.981 bits per heavy atom. The third-order valence-corrected chi connectivity index (χ3v) is 11.2. The maximum absolute atomic E-state index is 12.2. The van der Waals surface area contributed by atoms with Crippen LogP contribution >= 0.6 is 11.8 Å². The van der Waals surface area contributed by atoms with Crippen LogP contribution in [0, 0.1) is 22.8 Å². The Morgan fingerprint density at radius 2 is 1.60 bits per heavy atom. The first-order valence-corrected chi connectivity index (χ1v) is 19.1. The Kier molecular flexibility index (Phi) is 16.2. The van der Waals surface area contributed by atoms with Gasteiger partial charge < -0.3 is 14.6 Å². The number of hydrogen-bond acceptors (Lipinski definition) is 7. The summed E-state index contributed by atoms with van der Waals surface area (Å²) in [4.78, 5) is 22.4. The molecule has 0 spiro atoms. The minimum Gasteiger partial charge on any atom is -0.512 e. The summed E-state index contributed by atoms with van der Waals surface area (Å²) in [6.45, 7) is 28.6. The Balaban J connectivity index is 0.000000444. The summed E-state index contributed by atoms with van der Waals surface area (Å²) in [6, 6.07) is 13.7. The summed E-state index contributed by atoms with van der Waals surface area (Å²) >= 11 is 1.61. The smallest absolute Gasteiger partial charge is 0.221 e. The van der Waals surface area contributed by atoms with Crippen LogP contribution in [0.1, 0.15) is 126 Å². The van der Waals surface area contributed by atoms with Gasteiger partial charge in [-0.3, -0.25) is 9.78 Å². The first-order valence-electron chi connectivity index (χ1n) is 18.3. The van der Waals surface area contributed by atoms with Gasteiger partial charge in [0.25, 0.3) is 0 Å². The van der Waals surface area contributed by atoms with Gasteiger partial charge in [-0.05, 0) is 73.0 Å². The molecule has 2 aromatic heterocycles. The Bertz CT molecular complexity index is 1900. The second-order valence-corrected chi connectivity index (χ2v) is 16.5. The van der Waals surface area contributed by atoms with E-state index in [-0.39, 0.29) is 47.9 Å². The van der Waals surface area contributed by atoms with E-state index in [0.29, 0.717) is 17.4 Å². The van der Waals surface area contributed by atoms with Crippen molar-refractivity contribution in [1.29, 1.82) is 0 Å².